The molecule has 1 heterocycles. The second-order valence-corrected chi connectivity index (χ2v) is 7.04. The molecule has 0 aliphatic carbocycles. The lowest BCUT2D eigenvalue weighted by Crippen LogP contribution is -2.47. The summed E-state index contributed by atoms with van der Waals surface area (Å²) in [6, 6.07) is 4.75. The third-order valence-corrected chi connectivity index (χ3v) is 5.79. The first-order valence-electron chi connectivity index (χ1n) is 6.99. The van der Waals surface area contributed by atoms with Crippen LogP contribution < -0.4 is 14.8 Å². The van der Waals surface area contributed by atoms with E-state index in [9.17, 15) is 0 Å². The van der Waals surface area contributed by atoms with Crippen LogP contribution >= 0.6 is 27.7 Å². The maximum Gasteiger partial charge on any atom is 0.141 e. The van der Waals surface area contributed by atoms with Crippen molar-refractivity contribution < 1.29 is 9.47 Å². The Labute approximate surface area is 139 Å². The van der Waals surface area contributed by atoms with Crippen molar-refractivity contribution in [3.63, 3.8) is 0 Å². The lowest BCUT2D eigenvalue weighted by atomic mass is 9.98. The molecule has 1 aliphatic rings. The molecule has 2 atom stereocenters. The van der Waals surface area contributed by atoms with Gasteiger partial charge in [-0.25, -0.2) is 0 Å². The molecule has 0 spiro atoms. The number of hydrogen-bond acceptors (Lipinski definition) is 5. The number of nitrogens with one attached hydrogen (secondary N) is 1. The van der Waals surface area contributed by atoms with Gasteiger partial charge in [-0.3, -0.25) is 4.90 Å². The van der Waals surface area contributed by atoms with Crippen LogP contribution in [-0.4, -0.2) is 57.3 Å². The number of likely N-dealkylation sites (N-methyl/N-ethyl adjacent to an activating group) is 2. The van der Waals surface area contributed by atoms with Gasteiger partial charge in [0, 0.05) is 29.7 Å². The molecule has 0 amide bonds. The van der Waals surface area contributed by atoms with Crippen molar-refractivity contribution in [3.05, 3.63) is 22.2 Å². The Hall–Kier alpha value is -0.430. The highest BCUT2D eigenvalue weighted by molar-refractivity contribution is 9.10. The van der Waals surface area contributed by atoms with E-state index in [4.69, 9.17) is 9.47 Å². The number of nitrogens with zero attached hydrogens (tertiary/aromatic N) is 1. The van der Waals surface area contributed by atoms with Gasteiger partial charge < -0.3 is 14.8 Å². The molecule has 0 bridgehead atoms. The zero-order chi connectivity index (χ0) is 15.4. The summed E-state index contributed by atoms with van der Waals surface area (Å²) in [5.41, 5.74) is 1.16. The molecular weight excluding hydrogens is 352 g/mol. The topological polar surface area (TPSA) is 33.7 Å². The molecule has 2 unspecified atom stereocenters. The molecule has 21 heavy (non-hydrogen) atoms. The number of thioether (sulfide) groups is 1. The minimum atomic E-state index is 0.222. The van der Waals surface area contributed by atoms with Crippen LogP contribution in [-0.2, 0) is 0 Å². The third-order valence-electron chi connectivity index (χ3n) is 3.99. The molecule has 0 saturated carbocycles. The van der Waals surface area contributed by atoms with Gasteiger partial charge >= 0.3 is 0 Å². The molecule has 1 N–H and O–H groups in total. The second kappa shape index (κ2) is 7.72. The van der Waals surface area contributed by atoms with E-state index < -0.39 is 0 Å². The highest BCUT2D eigenvalue weighted by Gasteiger charge is 2.31. The van der Waals surface area contributed by atoms with Crippen molar-refractivity contribution in [3.8, 4) is 11.5 Å². The van der Waals surface area contributed by atoms with Gasteiger partial charge in [-0.15, -0.1) is 0 Å². The van der Waals surface area contributed by atoms with Crippen molar-refractivity contribution in [2.75, 3.05) is 46.4 Å². The van der Waals surface area contributed by atoms with Crippen LogP contribution in [0.2, 0.25) is 0 Å². The van der Waals surface area contributed by atoms with Crippen LogP contribution in [0.1, 0.15) is 11.6 Å². The Kier molecular flexibility index (Phi) is 6.22. The monoisotopic (exact) mass is 374 g/mol. The van der Waals surface area contributed by atoms with E-state index in [0.717, 1.165) is 33.8 Å². The van der Waals surface area contributed by atoms with Crippen LogP contribution in [0.3, 0.4) is 0 Å². The number of methoxy groups -OCH3 is 2. The zero-order valence-electron chi connectivity index (χ0n) is 13.0. The number of benzene rings is 1. The molecule has 0 radical (unpaired) electrons. The van der Waals surface area contributed by atoms with E-state index in [1.165, 1.54) is 5.75 Å². The quantitative estimate of drug-likeness (QED) is 0.856. The van der Waals surface area contributed by atoms with Crippen LogP contribution in [0, 0.1) is 0 Å². The first-order valence-corrected chi connectivity index (χ1v) is 8.94. The van der Waals surface area contributed by atoms with Crippen molar-refractivity contribution in [1.82, 2.24) is 10.2 Å². The smallest absolute Gasteiger partial charge is 0.141 e. The molecular formula is C15H23BrN2O2S. The fraction of sp³-hybridized carbons (Fsp3) is 0.600. The van der Waals surface area contributed by atoms with E-state index in [0.29, 0.717) is 6.04 Å². The molecule has 2 rings (SSSR count). The van der Waals surface area contributed by atoms with Crippen LogP contribution in [0.15, 0.2) is 16.6 Å². The van der Waals surface area contributed by atoms with Gasteiger partial charge in [0.2, 0.25) is 0 Å². The summed E-state index contributed by atoms with van der Waals surface area (Å²) in [4.78, 5) is 2.43. The van der Waals surface area contributed by atoms with Gasteiger partial charge in [0.05, 0.1) is 20.3 Å². The van der Waals surface area contributed by atoms with Gasteiger partial charge in [-0.1, -0.05) is 0 Å². The standard InChI is InChI=1S/C15H23BrN2O2S/c1-17-14(11-9-21-8-7-18(11)2)10-5-6-12(19-3)13(16)15(10)20-4/h5-6,11,14,17H,7-9H2,1-4H3. The highest BCUT2D eigenvalue weighted by Crippen LogP contribution is 2.41. The Balaban J connectivity index is 2.39. The second-order valence-electron chi connectivity index (χ2n) is 5.09. The minimum absolute atomic E-state index is 0.222. The molecule has 118 valence electrons. The van der Waals surface area contributed by atoms with Crippen molar-refractivity contribution in [2.45, 2.75) is 12.1 Å². The largest absolute Gasteiger partial charge is 0.495 e. The third kappa shape index (κ3) is 3.50. The average Bonchev–Trinajstić information content (AvgIpc) is 2.50. The summed E-state index contributed by atoms with van der Waals surface area (Å²) in [6.07, 6.45) is 0. The Bertz CT molecular complexity index is 487. The van der Waals surface area contributed by atoms with Crippen molar-refractivity contribution in [1.29, 1.82) is 0 Å². The molecule has 1 aromatic rings. The number of rotatable bonds is 5. The molecule has 4 nitrogen and oxygen atoms in total. The lowest BCUT2D eigenvalue weighted by Gasteiger charge is -2.38. The normalized spacial score (nSPS) is 21.1. The minimum Gasteiger partial charge on any atom is -0.495 e. The maximum absolute atomic E-state index is 5.64. The summed E-state index contributed by atoms with van der Waals surface area (Å²) in [7, 11) is 7.57. The summed E-state index contributed by atoms with van der Waals surface area (Å²) < 4.78 is 11.9. The first kappa shape index (κ1) is 16.9. The van der Waals surface area contributed by atoms with E-state index >= 15 is 0 Å². The fourth-order valence-electron chi connectivity index (χ4n) is 2.77. The van der Waals surface area contributed by atoms with Gasteiger partial charge in [0.15, 0.2) is 0 Å². The number of ether oxygens (including phenoxy) is 2. The Morgan fingerprint density at radius 3 is 2.71 bits per heavy atom. The van der Waals surface area contributed by atoms with E-state index in [-0.39, 0.29) is 6.04 Å². The Morgan fingerprint density at radius 1 is 1.38 bits per heavy atom. The van der Waals surface area contributed by atoms with E-state index in [1.807, 2.05) is 24.9 Å². The molecule has 0 aromatic heterocycles. The molecule has 1 aromatic carbocycles. The van der Waals surface area contributed by atoms with Gasteiger partial charge in [-0.05, 0) is 42.2 Å². The first-order chi connectivity index (χ1) is 10.1. The van der Waals surface area contributed by atoms with Gasteiger partial charge in [-0.2, -0.15) is 11.8 Å². The average molecular weight is 375 g/mol. The van der Waals surface area contributed by atoms with Crippen molar-refractivity contribution >= 4 is 27.7 Å². The number of hydrogen-bond donors (Lipinski definition) is 1. The summed E-state index contributed by atoms with van der Waals surface area (Å²) in [5.74, 6) is 3.95. The lowest BCUT2D eigenvalue weighted by molar-refractivity contribution is 0.218. The molecule has 1 fully saturated rings. The summed E-state index contributed by atoms with van der Waals surface area (Å²) in [6.45, 7) is 1.12. The van der Waals surface area contributed by atoms with Gasteiger partial charge in [0.1, 0.15) is 16.0 Å². The van der Waals surface area contributed by atoms with Crippen LogP contribution in [0.5, 0.6) is 11.5 Å². The zero-order valence-corrected chi connectivity index (χ0v) is 15.4. The molecule has 6 heteroatoms. The van der Waals surface area contributed by atoms with Crippen LogP contribution in [0.4, 0.5) is 0 Å². The summed E-state index contributed by atoms with van der Waals surface area (Å²) in [5, 5.41) is 3.46. The predicted molar refractivity (Wildman–Crippen MR) is 92.8 cm³/mol. The van der Waals surface area contributed by atoms with E-state index in [1.54, 1.807) is 14.2 Å². The Morgan fingerprint density at radius 2 is 2.14 bits per heavy atom. The van der Waals surface area contributed by atoms with E-state index in [2.05, 4.69) is 39.3 Å². The molecule has 1 saturated heterocycles. The maximum atomic E-state index is 5.64. The fourth-order valence-corrected chi connectivity index (χ4v) is 4.73. The predicted octanol–water partition coefficient (Wildman–Crippen LogP) is 2.77. The molecule has 1 aliphatic heterocycles. The van der Waals surface area contributed by atoms with Crippen LogP contribution in [0.25, 0.3) is 0 Å². The summed E-state index contributed by atoms with van der Waals surface area (Å²) >= 11 is 5.60. The SMILES string of the molecule is CNC(c1ccc(OC)c(Br)c1OC)C1CSCCN1C. The van der Waals surface area contributed by atoms with Gasteiger partial charge in [0.25, 0.3) is 0 Å². The van der Waals surface area contributed by atoms with Crippen molar-refractivity contribution in [2.24, 2.45) is 0 Å². The number of halogens is 1. The highest BCUT2D eigenvalue weighted by atomic mass is 79.9.